The molecule has 88 valence electrons. The Morgan fingerprint density at radius 1 is 1.40 bits per heavy atom. The molecule has 2 aliphatic heterocycles. The van der Waals surface area contributed by atoms with Crippen LogP contribution in [0.3, 0.4) is 0 Å². The van der Waals surface area contributed by atoms with Crippen molar-refractivity contribution in [1.82, 2.24) is 10.2 Å². The zero-order chi connectivity index (χ0) is 10.7. The van der Waals surface area contributed by atoms with E-state index in [4.69, 9.17) is 5.73 Å². The summed E-state index contributed by atoms with van der Waals surface area (Å²) in [5.74, 6) is 0. The van der Waals surface area contributed by atoms with Crippen LogP contribution in [-0.2, 0) is 0 Å². The average Bonchev–Trinajstić information content (AvgIpc) is 2.30. The van der Waals surface area contributed by atoms with Crippen molar-refractivity contribution in [3.05, 3.63) is 0 Å². The molecule has 0 radical (unpaired) electrons. The summed E-state index contributed by atoms with van der Waals surface area (Å²) >= 11 is 0. The van der Waals surface area contributed by atoms with E-state index >= 15 is 0 Å². The summed E-state index contributed by atoms with van der Waals surface area (Å²) in [6.45, 7) is 4.53. The Morgan fingerprint density at radius 2 is 2.13 bits per heavy atom. The van der Waals surface area contributed by atoms with Gasteiger partial charge in [-0.05, 0) is 45.3 Å². The van der Waals surface area contributed by atoms with Crippen molar-refractivity contribution >= 4 is 0 Å². The predicted molar refractivity (Wildman–Crippen MR) is 60.7 cm³/mol. The molecule has 0 amide bonds. The van der Waals surface area contributed by atoms with Crippen LogP contribution in [-0.4, -0.2) is 54.4 Å². The van der Waals surface area contributed by atoms with Crippen LogP contribution in [0.5, 0.6) is 0 Å². The molecule has 0 aliphatic carbocycles. The van der Waals surface area contributed by atoms with Gasteiger partial charge in [0.05, 0.1) is 5.60 Å². The molecular weight excluding hydrogens is 190 g/mol. The van der Waals surface area contributed by atoms with Crippen LogP contribution in [0, 0.1) is 0 Å². The highest BCUT2D eigenvalue weighted by Crippen LogP contribution is 2.24. The molecule has 2 heterocycles. The molecule has 1 unspecified atom stereocenters. The molecule has 0 bridgehead atoms. The van der Waals surface area contributed by atoms with E-state index in [1.165, 1.54) is 12.8 Å². The Bertz CT molecular complexity index is 206. The zero-order valence-electron chi connectivity index (χ0n) is 9.41. The van der Waals surface area contributed by atoms with E-state index in [9.17, 15) is 5.11 Å². The van der Waals surface area contributed by atoms with Crippen LogP contribution in [0.15, 0.2) is 0 Å². The number of nitrogens with zero attached hydrogens (tertiary/aromatic N) is 1. The van der Waals surface area contributed by atoms with Crippen LogP contribution in [0.25, 0.3) is 0 Å². The van der Waals surface area contributed by atoms with Gasteiger partial charge in [0, 0.05) is 19.1 Å². The van der Waals surface area contributed by atoms with Crippen molar-refractivity contribution in [3.63, 3.8) is 0 Å². The Morgan fingerprint density at radius 3 is 2.80 bits per heavy atom. The number of hydrogen-bond donors (Lipinski definition) is 3. The second-order valence-corrected chi connectivity index (χ2v) is 4.98. The van der Waals surface area contributed by atoms with E-state index in [-0.39, 0.29) is 0 Å². The minimum absolute atomic E-state index is 0.397. The Hall–Kier alpha value is -0.160. The van der Waals surface area contributed by atoms with Gasteiger partial charge in [-0.1, -0.05) is 0 Å². The molecule has 2 rings (SSSR count). The van der Waals surface area contributed by atoms with E-state index < -0.39 is 5.60 Å². The lowest BCUT2D eigenvalue weighted by Crippen LogP contribution is -2.56. The maximum Gasteiger partial charge on any atom is 0.0896 e. The number of nitrogens with one attached hydrogen (secondary N) is 1. The lowest BCUT2D eigenvalue weighted by atomic mass is 9.90. The maximum absolute atomic E-state index is 10.2. The standard InChI is InChI=1S/C11H23N3O/c12-8-11(15)4-1-7-14(9-11)10-2-5-13-6-3-10/h10,13,15H,1-9,12H2. The Balaban J connectivity index is 1.91. The van der Waals surface area contributed by atoms with Crippen LogP contribution in [0.1, 0.15) is 25.7 Å². The van der Waals surface area contributed by atoms with Gasteiger partial charge < -0.3 is 16.2 Å². The lowest BCUT2D eigenvalue weighted by molar-refractivity contribution is -0.0406. The van der Waals surface area contributed by atoms with Gasteiger partial charge in [-0.2, -0.15) is 0 Å². The first-order valence-corrected chi connectivity index (χ1v) is 6.11. The van der Waals surface area contributed by atoms with Crippen LogP contribution >= 0.6 is 0 Å². The maximum atomic E-state index is 10.2. The molecular formula is C11H23N3O. The van der Waals surface area contributed by atoms with E-state index in [2.05, 4.69) is 10.2 Å². The van der Waals surface area contributed by atoms with Crippen molar-refractivity contribution in [2.24, 2.45) is 5.73 Å². The van der Waals surface area contributed by atoms with Gasteiger partial charge in [0.15, 0.2) is 0 Å². The van der Waals surface area contributed by atoms with Crippen molar-refractivity contribution < 1.29 is 5.11 Å². The highest BCUT2D eigenvalue weighted by atomic mass is 16.3. The largest absolute Gasteiger partial charge is 0.387 e. The van der Waals surface area contributed by atoms with Crippen molar-refractivity contribution in [2.75, 3.05) is 32.7 Å². The quantitative estimate of drug-likeness (QED) is 0.580. The third-order valence-corrected chi connectivity index (χ3v) is 3.79. The number of β-amino-alcohol motifs (C(OH)–C–C–N with tert-alkyl or cyclic N) is 1. The minimum atomic E-state index is -0.622. The SMILES string of the molecule is NCC1(O)CCCN(C2CCNCC2)C1. The summed E-state index contributed by atoms with van der Waals surface area (Å²) in [4.78, 5) is 2.44. The number of likely N-dealkylation sites (tertiary alicyclic amines) is 1. The number of nitrogens with two attached hydrogens (primary N) is 1. The first kappa shape index (κ1) is 11.3. The van der Waals surface area contributed by atoms with Crippen LogP contribution in [0.4, 0.5) is 0 Å². The van der Waals surface area contributed by atoms with Gasteiger partial charge >= 0.3 is 0 Å². The van der Waals surface area contributed by atoms with Crippen LogP contribution in [0.2, 0.25) is 0 Å². The molecule has 0 aromatic carbocycles. The Labute approximate surface area is 91.8 Å². The summed E-state index contributed by atoms with van der Waals surface area (Å²) in [6.07, 6.45) is 4.36. The summed E-state index contributed by atoms with van der Waals surface area (Å²) in [5.41, 5.74) is 5.02. The van der Waals surface area contributed by atoms with Gasteiger partial charge in [0.2, 0.25) is 0 Å². The molecule has 15 heavy (non-hydrogen) atoms. The summed E-state index contributed by atoms with van der Waals surface area (Å²) < 4.78 is 0. The van der Waals surface area contributed by atoms with Gasteiger partial charge in [-0.3, -0.25) is 4.90 Å². The third kappa shape index (κ3) is 2.69. The summed E-state index contributed by atoms with van der Waals surface area (Å²) in [7, 11) is 0. The van der Waals surface area contributed by atoms with E-state index in [1.54, 1.807) is 0 Å². The van der Waals surface area contributed by atoms with Crippen molar-refractivity contribution in [2.45, 2.75) is 37.3 Å². The number of hydrogen-bond acceptors (Lipinski definition) is 4. The molecule has 1 atom stereocenters. The third-order valence-electron chi connectivity index (χ3n) is 3.79. The number of aliphatic hydroxyl groups is 1. The van der Waals surface area contributed by atoms with Crippen LogP contribution < -0.4 is 11.1 Å². The van der Waals surface area contributed by atoms with Gasteiger partial charge in [0.25, 0.3) is 0 Å². The van der Waals surface area contributed by atoms with Gasteiger partial charge in [-0.15, -0.1) is 0 Å². The normalized spacial score (nSPS) is 35.6. The zero-order valence-corrected chi connectivity index (χ0v) is 9.41. The van der Waals surface area contributed by atoms with Crippen molar-refractivity contribution in [3.8, 4) is 0 Å². The highest BCUT2D eigenvalue weighted by molar-refractivity contribution is 4.91. The average molecular weight is 213 g/mol. The monoisotopic (exact) mass is 213 g/mol. The molecule has 4 nitrogen and oxygen atoms in total. The van der Waals surface area contributed by atoms with Crippen molar-refractivity contribution in [1.29, 1.82) is 0 Å². The second-order valence-electron chi connectivity index (χ2n) is 4.98. The smallest absolute Gasteiger partial charge is 0.0896 e. The van der Waals surface area contributed by atoms with E-state index in [0.717, 1.165) is 39.0 Å². The fourth-order valence-electron chi connectivity index (χ4n) is 2.80. The Kier molecular flexibility index (Phi) is 3.61. The fourth-order valence-corrected chi connectivity index (χ4v) is 2.80. The summed E-state index contributed by atoms with van der Waals surface area (Å²) in [5, 5.41) is 13.6. The first-order valence-electron chi connectivity index (χ1n) is 6.11. The topological polar surface area (TPSA) is 61.5 Å². The molecule has 2 fully saturated rings. The molecule has 2 saturated heterocycles. The number of rotatable bonds is 2. The number of piperidine rings is 2. The van der Waals surface area contributed by atoms with E-state index in [0.29, 0.717) is 12.6 Å². The molecule has 0 aromatic rings. The molecule has 0 spiro atoms. The molecule has 2 aliphatic rings. The molecule has 0 aromatic heterocycles. The second kappa shape index (κ2) is 4.78. The van der Waals surface area contributed by atoms with E-state index in [1.807, 2.05) is 0 Å². The molecule has 4 N–H and O–H groups in total. The lowest BCUT2D eigenvalue weighted by Gasteiger charge is -2.43. The minimum Gasteiger partial charge on any atom is -0.387 e. The van der Waals surface area contributed by atoms with Gasteiger partial charge in [-0.25, -0.2) is 0 Å². The molecule has 4 heteroatoms. The predicted octanol–water partition coefficient (Wildman–Crippen LogP) is -0.476. The summed E-state index contributed by atoms with van der Waals surface area (Å²) in [6, 6.07) is 0.657. The molecule has 0 saturated carbocycles. The first-order chi connectivity index (χ1) is 7.23. The fraction of sp³-hybridized carbons (Fsp3) is 1.00. The highest BCUT2D eigenvalue weighted by Gasteiger charge is 2.34. The van der Waals surface area contributed by atoms with Gasteiger partial charge in [0.1, 0.15) is 0 Å².